The van der Waals surface area contributed by atoms with Crippen molar-refractivity contribution in [2.45, 2.75) is 12.3 Å². The maximum absolute atomic E-state index is 8.47. The van der Waals surface area contributed by atoms with E-state index in [1.54, 1.807) is 0 Å². The van der Waals surface area contributed by atoms with Crippen LogP contribution in [0, 0.1) is 0 Å². The first kappa shape index (κ1) is 4.05. The van der Waals surface area contributed by atoms with E-state index < -0.39 is 12.3 Å². The van der Waals surface area contributed by atoms with Crippen molar-refractivity contribution in [1.29, 1.82) is 0 Å². The first-order chi connectivity index (χ1) is 2.80. The first-order valence-corrected chi connectivity index (χ1v) is 1.86. The molecule has 3 nitrogen and oxygen atoms in total. The van der Waals surface area contributed by atoms with E-state index in [4.69, 9.17) is 10.8 Å². The van der Waals surface area contributed by atoms with Gasteiger partial charge in [0, 0.05) is 0 Å². The Morgan fingerprint density at radius 3 is 2.33 bits per heavy atom. The van der Waals surface area contributed by atoms with Crippen molar-refractivity contribution in [2.75, 3.05) is 6.61 Å². The van der Waals surface area contributed by atoms with E-state index in [1.165, 1.54) is 0 Å². The van der Waals surface area contributed by atoms with E-state index in [9.17, 15) is 0 Å². The highest BCUT2D eigenvalue weighted by Gasteiger charge is 2.24. The Balaban J connectivity index is 2.20. The minimum Gasteiger partial charge on any atom is -0.387 e. The molecule has 0 amide bonds. The van der Waals surface area contributed by atoms with Crippen molar-refractivity contribution < 1.29 is 9.84 Å². The van der Waals surface area contributed by atoms with Crippen LogP contribution in [-0.4, -0.2) is 24.0 Å². The molecule has 0 aromatic rings. The maximum atomic E-state index is 8.47. The summed E-state index contributed by atoms with van der Waals surface area (Å²) >= 11 is 0. The monoisotopic (exact) mass is 89.0 g/mol. The lowest BCUT2D eigenvalue weighted by Crippen LogP contribution is -2.50. The number of aliphatic hydroxyl groups is 1. The summed E-state index contributed by atoms with van der Waals surface area (Å²) in [4.78, 5) is 0. The topological polar surface area (TPSA) is 55.5 Å². The van der Waals surface area contributed by atoms with Gasteiger partial charge in [0.05, 0.1) is 6.61 Å². The maximum Gasteiger partial charge on any atom is 0.134 e. The van der Waals surface area contributed by atoms with Crippen LogP contribution in [0.25, 0.3) is 0 Å². The second-order valence-electron chi connectivity index (χ2n) is 1.37. The standard InChI is InChI=1S/C3H7NO2/c4-3-2(5)1-6-3/h2-3,5H,1,4H2/t2-,3+/m1/s1. The SMILES string of the molecule is N[C@H]1OC[C@H]1O. The molecule has 1 aliphatic rings. The molecule has 2 atom stereocenters. The van der Waals surface area contributed by atoms with E-state index >= 15 is 0 Å². The predicted octanol–water partition coefficient (Wildman–Crippen LogP) is -1.34. The molecule has 3 N–H and O–H groups in total. The fourth-order valence-corrected chi connectivity index (χ4v) is 0.293. The predicted molar refractivity (Wildman–Crippen MR) is 19.9 cm³/mol. The van der Waals surface area contributed by atoms with E-state index in [0.29, 0.717) is 6.61 Å². The molecule has 0 saturated carbocycles. The third kappa shape index (κ3) is 0.408. The van der Waals surface area contributed by atoms with Gasteiger partial charge in [0.15, 0.2) is 0 Å². The molecule has 1 heterocycles. The zero-order valence-electron chi connectivity index (χ0n) is 3.29. The van der Waals surface area contributed by atoms with Crippen LogP contribution in [0.2, 0.25) is 0 Å². The average Bonchev–Trinajstić information content (AvgIpc) is 1.61. The molecule has 0 unspecified atom stereocenters. The van der Waals surface area contributed by atoms with Crippen molar-refractivity contribution in [1.82, 2.24) is 0 Å². The molecule has 0 aliphatic carbocycles. The normalized spacial score (nSPS) is 45.0. The minimum atomic E-state index is -0.412. The van der Waals surface area contributed by atoms with Crippen molar-refractivity contribution in [3.8, 4) is 0 Å². The molecule has 0 aromatic carbocycles. The largest absolute Gasteiger partial charge is 0.387 e. The lowest BCUT2D eigenvalue weighted by Gasteiger charge is -2.28. The molecule has 0 aromatic heterocycles. The van der Waals surface area contributed by atoms with Crippen LogP contribution >= 0.6 is 0 Å². The van der Waals surface area contributed by atoms with Crippen LogP contribution in [0.1, 0.15) is 0 Å². The third-order valence-electron chi connectivity index (χ3n) is 0.839. The number of hydrogen-bond donors (Lipinski definition) is 2. The third-order valence-corrected chi connectivity index (χ3v) is 0.839. The fourth-order valence-electron chi connectivity index (χ4n) is 0.293. The molecule has 6 heavy (non-hydrogen) atoms. The zero-order valence-corrected chi connectivity index (χ0v) is 3.29. The van der Waals surface area contributed by atoms with Gasteiger partial charge >= 0.3 is 0 Å². The number of hydrogen-bond acceptors (Lipinski definition) is 3. The van der Waals surface area contributed by atoms with Crippen LogP contribution < -0.4 is 5.73 Å². The van der Waals surface area contributed by atoms with Gasteiger partial charge in [0.25, 0.3) is 0 Å². The van der Waals surface area contributed by atoms with E-state index in [-0.39, 0.29) is 0 Å². The molecule has 0 spiro atoms. The summed E-state index contributed by atoms with van der Waals surface area (Å²) in [5, 5.41) is 8.47. The van der Waals surface area contributed by atoms with Gasteiger partial charge in [-0.2, -0.15) is 0 Å². The van der Waals surface area contributed by atoms with Crippen molar-refractivity contribution >= 4 is 0 Å². The highest BCUT2D eigenvalue weighted by Crippen LogP contribution is 2.03. The van der Waals surface area contributed by atoms with Gasteiger partial charge < -0.3 is 15.6 Å². The lowest BCUT2D eigenvalue weighted by molar-refractivity contribution is -0.158. The number of rotatable bonds is 0. The lowest BCUT2D eigenvalue weighted by atomic mass is 10.3. The molecule has 1 rings (SSSR count). The fraction of sp³-hybridized carbons (Fsp3) is 1.00. The Hall–Kier alpha value is -0.120. The van der Waals surface area contributed by atoms with Crippen molar-refractivity contribution in [3.63, 3.8) is 0 Å². The number of nitrogens with two attached hydrogens (primary N) is 1. The molecule has 1 fully saturated rings. The smallest absolute Gasteiger partial charge is 0.134 e. The molecule has 3 heteroatoms. The Bertz CT molecular complexity index is 48.8. The Morgan fingerprint density at radius 1 is 1.83 bits per heavy atom. The summed E-state index contributed by atoms with van der Waals surface area (Å²) < 4.78 is 4.57. The molecular weight excluding hydrogens is 82.0 g/mol. The molecule has 1 saturated heterocycles. The van der Waals surface area contributed by atoms with Crippen LogP contribution in [0.4, 0.5) is 0 Å². The Kier molecular flexibility index (Phi) is 0.799. The van der Waals surface area contributed by atoms with Crippen LogP contribution in [-0.2, 0) is 4.74 Å². The summed E-state index contributed by atoms with van der Waals surface area (Å²) in [5.74, 6) is 0. The summed E-state index contributed by atoms with van der Waals surface area (Å²) in [7, 11) is 0. The minimum absolute atomic E-state index is 0.404. The Labute approximate surface area is 35.7 Å². The zero-order chi connectivity index (χ0) is 4.57. The second-order valence-corrected chi connectivity index (χ2v) is 1.37. The van der Waals surface area contributed by atoms with Gasteiger partial charge in [-0.15, -0.1) is 0 Å². The summed E-state index contributed by atoms with van der Waals surface area (Å²) in [6.45, 7) is 0.404. The summed E-state index contributed by atoms with van der Waals surface area (Å²) in [6, 6.07) is 0. The summed E-state index contributed by atoms with van der Waals surface area (Å²) in [6.07, 6.45) is -0.824. The van der Waals surface area contributed by atoms with Gasteiger partial charge in [-0.25, -0.2) is 0 Å². The molecular formula is C3H7NO2. The molecule has 36 valence electrons. The highest BCUT2D eigenvalue weighted by molar-refractivity contribution is 4.70. The van der Waals surface area contributed by atoms with Gasteiger partial charge in [-0.1, -0.05) is 0 Å². The number of ether oxygens (including phenoxy) is 1. The van der Waals surface area contributed by atoms with Crippen LogP contribution in [0.15, 0.2) is 0 Å². The van der Waals surface area contributed by atoms with Gasteiger partial charge in [-0.05, 0) is 0 Å². The van der Waals surface area contributed by atoms with Crippen molar-refractivity contribution in [2.24, 2.45) is 5.73 Å². The second kappa shape index (κ2) is 1.18. The molecule has 0 radical (unpaired) electrons. The van der Waals surface area contributed by atoms with Crippen LogP contribution in [0.3, 0.4) is 0 Å². The van der Waals surface area contributed by atoms with E-state index in [2.05, 4.69) is 4.74 Å². The average molecular weight is 89.1 g/mol. The van der Waals surface area contributed by atoms with Gasteiger partial charge in [-0.3, -0.25) is 0 Å². The van der Waals surface area contributed by atoms with Gasteiger partial charge in [0.1, 0.15) is 12.3 Å². The first-order valence-electron chi connectivity index (χ1n) is 1.86. The molecule has 0 bridgehead atoms. The van der Waals surface area contributed by atoms with E-state index in [1.807, 2.05) is 0 Å². The number of aliphatic hydroxyl groups excluding tert-OH is 1. The quantitative estimate of drug-likeness (QED) is 0.386. The van der Waals surface area contributed by atoms with E-state index in [0.717, 1.165) is 0 Å². The van der Waals surface area contributed by atoms with Crippen molar-refractivity contribution in [3.05, 3.63) is 0 Å². The highest BCUT2D eigenvalue weighted by atomic mass is 16.6. The Morgan fingerprint density at radius 2 is 2.33 bits per heavy atom. The van der Waals surface area contributed by atoms with Crippen LogP contribution in [0.5, 0.6) is 0 Å². The molecule has 1 aliphatic heterocycles. The van der Waals surface area contributed by atoms with Gasteiger partial charge in [0.2, 0.25) is 0 Å². The summed E-state index contributed by atoms with van der Waals surface area (Å²) in [5.41, 5.74) is 5.05.